The lowest BCUT2D eigenvalue weighted by atomic mass is 9.83. The fraction of sp³-hybridized carbons (Fsp3) is 0.286. The number of piperidine rings is 1. The first-order valence-corrected chi connectivity index (χ1v) is 11.6. The van der Waals surface area contributed by atoms with Crippen LogP contribution in [0.1, 0.15) is 57.5 Å². The van der Waals surface area contributed by atoms with Crippen LogP contribution in [-0.2, 0) is 5.60 Å². The van der Waals surface area contributed by atoms with E-state index in [1.165, 1.54) is 54.6 Å². The van der Waals surface area contributed by atoms with Crippen LogP contribution in [0.2, 0.25) is 0 Å². The number of carbonyl (C=O) groups excluding carboxylic acids is 2. The van der Waals surface area contributed by atoms with E-state index >= 15 is 0 Å². The average Bonchev–Trinajstić information content (AvgIpc) is 2.86. The third kappa shape index (κ3) is 5.86. The highest BCUT2D eigenvalue weighted by Crippen LogP contribution is 2.34. The highest BCUT2D eigenvalue weighted by atomic mass is 19.1. The van der Waals surface area contributed by atoms with Gasteiger partial charge < -0.3 is 10.0 Å². The molecule has 0 unspecified atom stereocenters. The lowest BCUT2D eigenvalue weighted by Crippen LogP contribution is -2.43. The van der Waals surface area contributed by atoms with Crippen molar-refractivity contribution < 1.29 is 27.9 Å². The molecular formula is C28H26F3NO3. The monoisotopic (exact) mass is 481 g/mol. The summed E-state index contributed by atoms with van der Waals surface area (Å²) in [5.41, 5.74) is -0.243. The number of Topliss-reactive ketones (excluding diaryl/α,β-unsaturated/α-hetero) is 1. The number of benzene rings is 3. The average molecular weight is 482 g/mol. The van der Waals surface area contributed by atoms with E-state index in [-0.39, 0.29) is 22.7 Å². The van der Waals surface area contributed by atoms with Crippen molar-refractivity contribution in [3.05, 3.63) is 106 Å². The second-order valence-electron chi connectivity index (χ2n) is 8.94. The molecule has 0 amide bonds. The van der Waals surface area contributed by atoms with E-state index < -0.39 is 23.0 Å². The fourth-order valence-corrected chi connectivity index (χ4v) is 4.42. The lowest BCUT2D eigenvalue weighted by Gasteiger charge is -2.38. The maximum atomic E-state index is 14.5. The minimum Gasteiger partial charge on any atom is -0.385 e. The van der Waals surface area contributed by atoms with E-state index in [4.69, 9.17) is 0 Å². The van der Waals surface area contributed by atoms with E-state index in [2.05, 4.69) is 4.90 Å². The minimum atomic E-state index is -1.20. The van der Waals surface area contributed by atoms with Gasteiger partial charge in [-0.1, -0.05) is 6.07 Å². The van der Waals surface area contributed by atoms with Gasteiger partial charge in [0.05, 0.1) is 11.2 Å². The Bertz CT molecular complexity index is 1200. The first kappa shape index (κ1) is 24.8. The zero-order valence-electron chi connectivity index (χ0n) is 19.1. The van der Waals surface area contributed by atoms with Gasteiger partial charge >= 0.3 is 0 Å². The number of nitrogens with zero attached hydrogens (tertiary/aromatic N) is 1. The van der Waals surface area contributed by atoms with Crippen LogP contribution in [0.15, 0.2) is 66.7 Å². The molecule has 0 bridgehead atoms. The second kappa shape index (κ2) is 10.5. The Kier molecular flexibility index (Phi) is 7.48. The second-order valence-corrected chi connectivity index (χ2v) is 8.94. The molecule has 0 aromatic heterocycles. The summed E-state index contributed by atoms with van der Waals surface area (Å²) in [6, 6.07) is 14.5. The number of hydrogen-bond donors (Lipinski definition) is 1. The van der Waals surface area contributed by atoms with Gasteiger partial charge in [0.15, 0.2) is 11.6 Å². The van der Waals surface area contributed by atoms with E-state index in [0.717, 1.165) is 12.1 Å². The molecule has 0 saturated carbocycles. The van der Waals surface area contributed by atoms with Crippen molar-refractivity contribution in [2.75, 3.05) is 19.6 Å². The molecule has 1 aliphatic rings. The first-order chi connectivity index (χ1) is 16.7. The molecule has 3 aromatic rings. The van der Waals surface area contributed by atoms with Crippen molar-refractivity contribution in [2.24, 2.45) is 0 Å². The highest BCUT2D eigenvalue weighted by molar-refractivity contribution is 6.09. The molecule has 1 aliphatic heterocycles. The van der Waals surface area contributed by atoms with E-state index in [1.54, 1.807) is 0 Å². The van der Waals surface area contributed by atoms with Crippen LogP contribution in [0.5, 0.6) is 0 Å². The molecule has 1 N–H and O–H groups in total. The molecular weight excluding hydrogens is 455 g/mol. The van der Waals surface area contributed by atoms with Gasteiger partial charge in [-0.25, -0.2) is 13.2 Å². The Morgan fingerprint density at radius 3 is 2.00 bits per heavy atom. The van der Waals surface area contributed by atoms with Crippen molar-refractivity contribution in [1.29, 1.82) is 0 Å². The SMILES string of the molecule is O=C(CCCN1CCC(O)(c2ccc(F)c(C(=O)c3ccc(F)cc3)c2)CC1)c1ccc(F)cc1. The van der Waals surface area contributed by atoms with Crippen LogP contribution < -0.4 is 0 Å². The molecule has 0 atom stereocenters. The Labute approximate surface area is 202 Å². The predicted molar refractivity (Wildman–Crippen MR) is 126 cm³/mol. The van der Waals surface area contributed by atoms with Gasteiger partial charge in [0.1, 0.15) is 17.5 Å². The molecule has 4 nitrogen and oxygen atoms in total. The summed E-state index contributed by atoms with van der Waals surface area (Å²) < 4.78 is 40.6. The van der Waals surface area contributed by atoms with Gasteiger partial charge in [-0.2, -0.15) is 0 Å². The molecule has 182 valence electrons. The third-order valence-corrected chi connectivity index (χ3v) is 6.58. The molecule has 1 fully saturated rings. The van der Waals surface area contributed by atoms with E-state index in [9.17, 15) is 27.9 Å². The zero-order valence-corrected chi connectivity index (χ0v) is 19.1. The van der Waals surface area contributed by atoms with Gasteiger partial charge in [-0.05, 0) is 92.0 Å². The topological polar surface area (TPSA) is 57.6 Å². The highest BCUT2D eigenvalue weighted by Gasteiger charge is 2.34. The lowest BCUT2D eigenvalue weighted by molar-refractivity contribution is -0.0261. The summed E-state index contributed by atoms with van der Waals surface area (Å²) >= 11 is 0. The van der Waals surface area contributed by atoms with E-state index in [1.807, 2.05) is 0 Å². The summed E-state index contributed by atoms with van der Waals surface area (Å²) in [4.78, 5) is 27.2. The van der Waals surface area contributed by atoms with Crippen LogP contribution in [-0.4, -0.2) is 41.2 Å². The van der Waals surface area contributed by atoms with Gasteiger partial charge in [0.2, 0.25) is 0 Å². The molecule has 0 aliphatic carbocycles. The van der Waals surface area contributed by atoms with Crippen LogP contribution in [0, 0.1) is 17.5 Å². The quantitative estimate of drug-likeness (QED) is 0.445. The Morgan fingerprint density at radius 2 is 1.40 bits per heavy atom. The number of hydrogen-bond acceptors (Lipinski definition) is 4. The molecule has 0 spiro atoms. The van der Waals surface area contributed by atoms with Gasteiger partial charge in [-0.15, -0.1) is 0 Å². The molecule has 35 heavy (non-hydrogen) atoms. The summed E-state index contributed by atoms with van der Waals surface area (Å²) in [6.07, 6.45) is 1.78. The van der Waals surface area contributed by atoms with Crippen LogP contribution in [0.3, 0.4) is 0 Å². The molecule has 1 heterocycles. The van der Waals surface area contributed by atoms with Gasteiger partial charge in [-0.3, -0.25) is 9.59 Å². The standard InChI is InChI=1S/C28H26F3NO3/c29-22-8-3-19(4-9-22)26(33)2-1-15-32-16-13-28(35,14-17-32)21-7-12-25(31)24(18-21)27(34)20-5-10-23(30)11-6-20/h3-12,18,35H,1-2,13-17H2. The van der Waals surface area contributed by atoms with Crippen molar-refractivity contribution >= 4 is 11.6 Å². The molecule has 3 aromatic carbocycles. The molecule has 0 radical (unpaired) electrons. The molecule has 1 saturated heterocycles. The number of rotatable bonds is 8. The van der Waals surface area contributed by atoms with Crippen LogP contribution in [0.25, 0.3) is 0 Å². The maximum absolute atomic E-state index is 14.5. The minimum absolute atomic E-state index is 0.0387. The smallest absolute Gasteiger partial charge is 0.195 e. The summed E-state index contributed by atoms with van der Waals surface area (Å²) in [5, 5.41) is 11.3. The number of halogens is 3. The summed E-state index contributed by atoms with van der Waals surface area (Å²) in [6.45, 7) is 1.85. The van der Waals surface area contributed by atoms with Gasteiger partial charge in [0, 0.05) is 30.6 Å². The summed E-state index contributed by atoms with van der Waals surface area (Å²) in [7, 11) is 0. The number of ketones is 2. The summed E-state index contributed by atoms with van der Waals surface area (Å²) in [5.74, 6) is -2.18. The first-order valence-electron chi connectivity index (χ1n) is 11.6. The third-order valence-electron chi connectivity index (χ3n) is 6.58. The van der Waals surface area contributed by atoms with Crippen molar-refractivity contribution in [2.45, 2.75) is 31.3 Å². The maximum Gasteiger partial charge on any atom is 0.195 e. The van der Waals surface area contributed by atoms with Gasteiger partial charge in [0.25, 0.3) is 0 Å². The van der Waals surface area contributed by atoms with Crippen molar-refractivity contribution in [3.63, 3.8) is 0 Å². The fourth-order valence-electron chi connectivity index (χ4n) is 4.42. The Morgan fingerprint density at radius 1 is 0.829 bits per heavy atom. The molecule has 4 rings (SSSR count). The number of likely N-dealkylation sites (tertiary alicyclic amines) is 1. The Hall–Kier alpha value is -3.29. The predicted octanol–water partition coefficient (Wildman–Crippen LogP) is 5.28. The van der Waals surface area contributed by atoms with Crippen molar-refractivity contribution in [3.8, 4) is 0 Å². The number of carbonyl (C=O) groups is 2. The zero-order chi connectivity index (χ0) is 25.0. The van der Waals surface area contributed by atoms with Crippen LogP contribution in [0.4, 0.5) is 13.2 Å². The largest absolute Gasteiger partial charge is 0.385 e. The van der Waals surface area contributed by atoms with E-state index in [0.29, 0.717) is 56.4 Å². The van der Waals surface area contributed by atoms with Crippen LogP contribution >= 0.6 is 0 Å². The molecule has 7 heteroatoms. The Balaban J connectivity index is 1.35. The van der Waals surface area contributed by atoms with Crippen molar-refractivity contribution in [1.82, 2.24) is 4.90 Å². The number of aliphatic hydroxyl groups is 1. The normalized spacial score (nSPS) is 15.7.